The summed E-state index contributed by atoms with van der Waals surface area (Å²) in [5.41, 5.74) is 2.80. The zero-order valence-corrected chi connectivity index (χ0v) is 15.7. The van der Waals surface area contributed by atoms with Crippen molar-refractivity contribution in [1.82, 2.24) is 5.32 Å². The van der Waals surface area contributed by atoms with Crippen LogP contribution in [0.25, 0.3) is 11.1 Å². The van der Waals surface area contributed by atoms with E-state index in [0.717, 1.165) is 16.7 Å². The Balaban J connectivity index is 1.70. The average Bonchev–Trinajstić information content (AvgIpc) is 3.41. The number of benzene rings is 2. The fourth-order valence-corrected chi connectivity index (χ4v) is 4.02. The second-order valence-electron chi connectivity index (χ2n) is 6.95. The van der Waals surface area contributed by atoms with Crippen LogP contribution in [0.5, 0.6) is 0 Å². The topological polar surface area (TPSA) is 94.6 Å². The van der Waals surface area contributed by atoms with E-state index in [2.05, 4.69) is 5.32 Å². The number of ether oxygens (including phenoxy) is 1. The number of carbonyl (C=O) groups excluding carboxylic acids is 1. The molecule has 0 bridgehead atoms. The van der Waals surface area contributed by atoms with E-state index >= 15 is 0 Å². The van der Waals surface area contributed by atoms with Crippen LogP contribution in [-0.2, 0) is 9.53 Å². The van der Waals surface area contributed by atoms with E-state index in [-0.39, 0.29) is 4.92 Å². The van der Waals surface area contributed by atoms with Crippen molar-refractivity contribution in [1.29, 1.82) is 0 Å². The van der Waals surface area contributed by atoms with Crippen molar-refractivity contribution < 1.29 is 18.9 Å². The lowest BCUT2D eigenvalue weighted by Gasteiger charge is -2.17. The smallest absolute Gasteiger partial charge is 0.323 e. The molecule has 4 rings (SSSR count). The van der Waals surface area contributed by atoms with E-state index < -0.39 is 30.0 Å². The van der Waals surface area contributed by atoms with Gasteiger partial charge in [0.2, 0.25) is 6.04 Å². The van der Waals surface area contributed by atoms with Gasteiger partial charge in [-0.25, -0.2) is 0 Å². The standard InChI is InChI=1S/C22H20N2O5/c1-28-22(25)20-18(17-8-5-13-29-17)21(24(26)27)19(23-20)16-11-9-15(10-12-16)14-6-3-2-4-7-14/h2-13,18-21,23H,1H3/t18-,19+,20+,21+/m1/s1. The minimum absolute atomic E-state index is 0.348. The predicted molar refractivity (Wildman–Crippen MR) is 106 cm³/mol. The van der Waals surface area contributed by atoms with Crippen LogP contribution in [0.2, 0.25) is 0 Å². The maximum absolute atomic E-state index is 12.4. The molecule has 1 aromatic heterocycles. The molecule has 1 aliphatic heterocycles. The summed E-state index contributed by atoms with van der Waals surface area (Å²) in [6.45, 7) is 0. The molecule has 0 unspecified atom stereocenters. The molecule has 2 heterocycles. The maximum Gasteiger partial charge on any atom is 0.323 e. The molecule has 0 amide bonds. The highest BCUT2D eigenvalue weighted by molar-refractivity contribution is 5.78. The number of methoxy groups -OCH3 is 1. The number of furan rings is 1. The highest BCUT2D eigenvalue weighted by Gasteiger charge is 2.56. The third-order valence-corrected chi connectivity index (χ3v) is 5.37. The van der Waals surface area contributed by atoms with Crippen LogP contribution in [-0.4, -0.2) is 30.1 Å². The van der Waals surface area contributed by atoms with Gasteiger partial charge in [-0.15, -0.1) is 0 Å². The summed E-state index contributed by atoms with van der Waals surface area (Å²) >= 11 is 0. The van der Waals surface area contributed by atoms with Gasteiger partial charge in [-0.3, -0.25) is 20.2 Å². The monoisotopic (exact) mass is 392 g/mol. The van der Waals surface area contributed by atoms with E-state index in [1.54, 1.807) is 12.1 Å². The summed E-state index contributed by atoms with van der Waals surface area (Å²) in [6.07, 6.45) is 1.45. The molecular weight excluding hydrogens is 372 g/mol. The van der Waals surface area contributed by atoms with E-state index in [4.69, 9.17) is 9.15 Å². The maximum atomic E-state index is 12.4. The molecule has 2 aromatic carbocycles. The van der Waals surface area contributed by atoms with Crippen molar-refractivity contribution in [2.75, 3.05) is 7.11 Å². The third-order valence-electron chi connectivity index (χ3n) is 5.37. The lowest BCUT2D eigenvalue weighted by Crippen LogP contribution is -2.36. The lowest BCUT2D eigenvalue weighted by atomic mass is 9.89. The number of nitrogens with one attached hydrogen (secondary N) is 1. The summed E-state index contributed by atoms with van der Waals surface area (Å²) < 4.78 is 10.3. The quantitative estimate of drug-likeness (QED) is 0.405. The number of hydrogen-bond acceptors (Lipinski definition) is 6. The minimum atomic E-state index is -1.08. The predicted octanol–water partition coefficient (Wildman–Crippen LogP) is 3.56. The Morgan fingerprint density at radius 1 is 1.03 bits per heavy atom. The van der Waals surface area contributed by atoms with Gasteiger partial charge in [-0.2, -0.15) is 0 Å². The first-order valence-electron chi connectivity index (χ1n) is 9.26. The van der Waals surface area contributed by atoms with Crippen LogP contribution in [0.1, 0.15) is 23.3 Å². The fourth-order valence-electron chi connectivity index (χ4n) is 4.02. The molecule has 0 aliphatic carbocycles. The number of nitrogens with zero attached hydrogens (tertiary/aromatic N) is 1. The molecule has 1 saturated heterocycles. The first-order valence-corrected chi connectivity index (χ1v) is 9.26. The summed E-state index contributed by atoms with van der Waals surface area (Å²) in [7, 11) is 1.27. The third kappa shape index (κ3) is 3.52. The molecule has 0 spiro atoms. The first kappa shape index (κ1) is 18.9. The van der Waals surface area contributed by atoms with Gasteiger partial charge in [0.05, 0.1) is 13.4 Å². The van der Waals surface area contributed by atoms with Gasteiger partial charge in [-0.05, 0) is 28.8 Å². The fraction of sp³-hybridized carbons (Fsp3) is 0.227. The highest BCUT2D eigenvalue weighted by atomic mass is 16.6. The van der Waals surface area contributed by atoms with Crippen molar-refractivity contribution in [2.45, 2.75) is 24.0 Å². The number of carbonyl (C=O) groups is 1. The van der Waals surface area contributed by atoms with Gasteiger partial charge in [0, 0.05) is 4.92 Å². The van der Waals surface area contributed by atoms with E-state index in [1.807, 2.05) is 54.6 Å². The van der Waals surface area contributed by atoms with Crippen molar-refractivity contribution in [2.24, 2.45) is 0 Å². The Hall–Kier alpha value is -3.45. The summed E-state index contributed by atoms with van der Waals surface area (Å²) in [4.78, 5) is 24.0. The zero-order valence-electron chi connectivity index (χ0n) is 15.7. The van der Waals surface area contributed by atoms with Gasteiger partial charge in [0.25, 0.3) is 0 Å². The van der Waals surface area contributed by atoms with Crippen LogP contribution in [0.4, 0.5) is 0 Å². The molecule has 1 aliphatic rings. The second-order valence-corrected chi connectivity index (χ2v) is 6.95. The Morgan fingerprint density at radius 2 is 1.72 bits per heavy atom. The molecule has 4 atom stereocenters. The van der Waals surface area contributed by atoms with Crippen LogP contribution in [0.15, 0.2) is 77.4 Å². The molecule has 7 heteroatoms. The van der Waals surface area contributed by atoms with Crippen molar-refractivity contribution in [3.05, 3.63) is 94.4 Å². The number of esters is 1. The second kappa shape index (κ2) is 7.89. The van der Waals surface area contributed by atoms with E-state index in [1.165, 1.54) is 13.4 Å². The van der Waals surface area contributed by atoms with E-state index in [9.17, 15) is 14.9 Å². The van der Waals surface area contributed by atoms with Crippen LogP contribution in [0.3, 0.4) is 0 Å². The Morgan fingerprint density at radius 3 is 2.31 bits per heavy atom. The highest BCUT2D eigenvalue weighted by Crippen LogP contribution is 2.41. The number of hydrogen-bond donors (Lipinski definition) is 1. The Bertz CT molecular complexity index is 986. The average molecular weight is 392 g/mol. The Kier molecular flexibility index (Phi) is 5.14. The zero-order chi connectivity index (χ0) is 20.4. The molecule has 3 aromatic rings. The lowest BCUT2D eigenvalue weighted by molar-refractivity contribution is -0.527. The largest absolute Gasteiger partial charge is 0.469 e. The summed E-state index contributed by atoms with van der Waals surface area (Å²) in [5.74, 6) is -0.939. The normalized spacial score (nSPS) is 23.6. The van der Waals surface area contributed by atoms with Crippen LogP contribution >= 0.6 is 0 Å². The van der Waals surface area contributed by atoms with Crippen molar-refractivity contribution in [3.8, 4) is 11.1 Å². The molecule has 7 nitrogen and oxygen atoms in total. The summed E-state index contributed by atoms with van der Waals surface area (Å²) in [6, 6.07) is 18.1. The van der Waals surface area contributed by atoms with Gasteiger partial charge in [0.1, 0.15) is 23.8 Å². The van der Waals surface area contributed by atoms with Gasteiger partial charge >= 0.3 is 5.97 Å². The minimum Gasteiger partial charge on any atom is -0.469 e. The van der Waals surface area contributed by atoms with Crippen molar-refractivity contribution in [3.63, 3.8) is 0 Å². The van der Waals surface area contributed by atoms with Crippen LogP contribution in [0, 0.1) is 10.1 Å². The molecule has 0 saturated carbocycles. The van der Waals surface area contributed by atoms with Gasteiger partial charge in [0.15, 0.2) is 0 Å². The van der Waals surface area contributed by atoms with Crippen molar-refractivity contribution >= 4 is 5.97 Å². The molecule has 148 valence electrons. The SMILES string of the molecule is COC(=O)[C@H]1N[C@@H](c2ccc(-c3ccccc3)cc2)[C@@H]([N+](=O)[O-])[C@@H]1c1ccco1. The molecule has 1 fully saturated rings. The molecule has 0 radical (unpaired) electrons. The summed E-state index contributed by atoms with van der Waals surface area (Å²) in [5, 5.41) is 15.1. The van der Waals surface area contributed by atoms with Gasteiger partial charge in [-0.1, -0.05) is 54.6 Å². The Labute approximate surface area is 167 Å². The number of rotatable bonds is 5. The molecule has 1 N–H and O–H groups in total. The van der Waals surface area contributed by atoms with Gasteiger partial charge < -0.3 is 9.15 Å². The number of nitro groups is 1. The van der Waals surface area contributed by atoms with E-state index in [0.29, 0.717) is 5.76 Å². The molecule has 29 heavy (non-hydrogen) atoms. The molecular formula is C22H20N2O5. The first-order chi connectivity index (χ1) is 14.1. The van der Waals surface area contributed by atoms with Crippen LogP contribution < -0.4 is 5.32 Å².